The highest BCUT2D eigenvalue weighted by molar-refractivity contribution is 6.33. The Labute approximate surface area is 103 Å². The van der Waals surface area contributed by atoms with E-state index < -0.39 is 0 Å². The Morgan fingerprint density at radius 3 is 3.00 bits per heavy atom. The van der Waals surface area contributed by atoms with Crippen LogP contribution < -0.4 is 5.32 Å². The Balaban J connectivity index is 1.84. The summed E-state index contributed by atoms with van der Waals surface area (Å²) in [5, 5.41) is 3.98. The lowest BCUT2D eigenvalue weighted by atomic mass is 10.1. The van der Waals surface area contributed by atoms with Crippen molar-refractivity contribution in [1.82, 2.24) is 24.8 Å². The smallest absolute Gasteiger partial charge is 0.165 e. The lowest BCUT2D eigenvalue weighted by Gasteiger charge is -2.24. The number of nitrogens with one attached hydrogen (secondary N) is 1. The third-order valence-corrected chi connectivity index (χ3v) is 4.24. The molecule has 0 unspecified atom stereocenters. The molecule has 88 valence electrons. The van der Waals surface area contributed by atoms with E-state index in [2.05, 4.69) is 24.8 Å². The molecule has 1 saturated carbocycles. The molecule has 17 heavy (non-hydrogen) atoms. The van der Waals surface area contributed by atoms with Gasteiger partial charge >= 0.3 is 0 Å². The summed E-state index contributed by atoms with van der Waals surface area (Å²) in [6, 6.07) is 1.02. The third kappa shape index (κ3) is 1.32. The number of hydrogen-bond acceptors (Lipinski definition) is 4. The van der Waals surface area contributed by atoms with Crippen LogP contribution in [0.3, 0.4) is 0 Å². The first-order valence-corrected chi connectivity index (χ1v) is 6.27. The number of nitrogens with zero attached hydrogens (tertiary/aromatic N) is 4. The molecule has 0 radical (unpaired) electrons. The molecular weight excluding hydrogens is 238 g/mol. The van der Waals surface area contributed by atoms with Crippen molar-refractivity contribution in [2.75, 3.05) is 6.54 Å². The van der Waals surface area contributed by atoms with Crippen molar-refractivity contribution in [2.45, 2.75) is 24.9 Å². The molecule has 0 amide bonds. The minimum atomic E-state index is 0.435. The fourth-order valence-electron chi connectivity index (χ4n) is 3.20. The molecule has 1 saturated heterocycles. The molecule has 3 heterocycles. The van der Waals surface area contributed by atoms with Crippen LogP contribution in [-0.4, -0.2) is 32.1 Å². The van der Waals surface area contributed by atoms with Gasteiger partial charge in [-0.2, -0.15) is 0 Å². The van der Waals surface area contributed by atoms with Crippen LogP contribution in [0.15, 0.2) is 12.7 Å². The van der Waals surface area contributed by atoms with Crippen molar-refractivity contribution >= 4 is 22.8 Å². The number of fused-ring (bicyclic) bond motifs is 3. The summed E-state index contributed by atoms with van der Waals surface area (Å²) in [6.45, 7) is 1.16. The normalized spacial score (nSPS) is 31.5. The number of rotatable bonds is 1. The molecule has 3 atom stereocenters. The molecule has 0 aromatic carbocycles. The molecule has 2 aromatic heterocycles. The predicted molar refractivity (Wildman–Crippen MR) is 63.9 cm³/mol. The number of imidazole rings is 1. The van der Waals surface area contributed by atoms with Crippen LogP contribution in [0.1, 0.15) is 18.9 Å². The average molecular weight is 250 g/mol. The highest BCUT2D eigenvalue weighted by Gasteiger charge is 2.40. The van der Waals surface area contributed by atoms with E-state index >= 15 is 0 Å². The van der Waals surface area contributed by atoms with Gasteiger partial charge in [-0.3, -0.25) is 0 Å². The van der Waals surface area contributed by atoms with Crippen molar-refractivity contribution in [3.05, 3.63) is 17.8 Å². The Morgan fingerprint density at radius 2 is 2.24 bits per heavy atom. The van der Waals surface area contributed by atoms with Crippen LogP contribution in [0.4, 0.5) is 0 Å². The number of piperidine rings is 1. The van der Waals surface area contributed by atoms with Crippen LogP contribution in [0.2, 0.25) is 5.15 Å². The zero-order valence-corrected chi connectivity index (χ0v) is 9.93. The summed E-state index contributed by atoms with van der Waals surface area (Å²) in [5.41, 5.74) is 1.56. The molecule has 4 rings (SSSR count). The first-order chi connectivity index (χ1) is 8.33. The fraction of sp³-hybridized carbons (Fsp3) is 0.545. The quantitative estimate of drug-likeness (QED) is 0.777. The first-order valence-electron chi connectivity index (χ1n) is 5.89. The van der Waals surface area contributed by atoms with Gasteiger partial charge in [-0.1, -0.05) is 11.6 Å². The molecule has 1 aliphatic carbocycles. The summed E-state index contributed by atoms with van der Waals surface area (Å²) < 4.78 is 2.15. The Hall–Kier alpha value is -1.20. The predicted octanol–water partition coefficient (Wildman–Crippen LogP) is 1.40. The van der Waals surface area contributed by atoms with E-state index in [1.54, 1.807) is 0 Å². The molecule has 2 fully saturated rings. The van der Waals surface area contributed by atoms with E-state index in [4.69, 9.17) is 11.6 Å². The van der Waals surface area contributed by atoms with Gasteiger partial charge in [0, 0.05) is 6.04 Å². The van der Waals surface area contributed by atoms with Gasteiger partial charge in [0.25, 0.3) is 0 Å². The van der Waals surface area contributed by atoms with Gasteiger partial charge in [0.05, 0.1) is 12.4 Å². The highest BCUT2D eigenvalue weighted by Crippen LogP contribution is 2.40. The monoisotopic (exact) mass is 249 g/mol. The molecule has 5 nitrogen and oxygen atoms in total. The molecule has 1 aliphatic heterocycles. The minimum Gasteiger partial charge on any atom is -0.312 e. The molecule has 2 aliphatic rings. The number of aromatic nitrogens is 4. The van der Waals surface area contributed by atoms with Crippen molar-refractivity contribution in [1.29, 1.82) is 0 Å². The van der Waals surface area contributed by atoms with Gasteiger partial charge in [0.2, 0.25) is 0 Å². The van der Waals surface area contributed by atoms with E-state index in [-0.39, 0.29) is 0 Å². The van der Waals surface area contributed by atoms with Crippen LogP contribution >= 0.6 is 11.6 Å². The minimum absolute atomic E-state index is 0.435. The van der Waals surface area contributed by atoms with E-state index in [0.29, 0.717) is 22.8 Å². The first kappa shape index (κ1) is 9.79. The SMILES string of the molecule is Clc1ncnc2c1ncn2[C@H]1C[C@@H]2CN[C@H]1C2. The van der Waals surface area contributed by atoms with Crippen molar-refractivity contribution in [3.63, 3.8) is 0 Å². The molecule has 0 spiro atoms. The maximum Gasteiger partial charge on any atom is 0.165 e. The van der Waals surface area contributed by atoms with Gasteiger partial charge in [-0.15, -0.1) is 0 Å². The van der Waals surface area contributed by atoms with Gasteiger partial charge in [0.15, 0.2) is 10.8 Å². The van der Waals surface area contributed by atoms with Crippen LogP contribution in [0.5, 0.6) is 0 Å². The molecule has 6 heteroatoms. The third-order valence-electron chi connectivity index (χ3n) is 3.97. The van der Waals surface area contributed by atoms with Gasteiger partial charge < -0.3 is 9.88 Å². The molecular formula is C11H12ClN5. The standard InChI is InChI=1S/C11H12ClN5/c12-10-9-11(15-4-14-10)17(5-16-9)8-2-6-1-7(8)13-3-6/h4-8,13H,1-3H2/t6-,7+,8+/m1/s1. The summed E-state index contributed by atoms with van der Waals surface area (Å²) in [6.07, 6.45) is 5.83. The summed E-state index contributed by atoms with van der Waals surface area (Å²) in [5.74, 6) is 0.805. The zero-order valence-electron chi connectivity index (χ0n) is 9.17. The van der Waals surface area contributed by atoms with E-state index in [9.17, 15) is 0 Å². The molecule has 2 aromatic rings. The number of hydrogen-bond donors (Lipinski definition) is 1. The summed E-state index contributed by atoms with van der Waals surface area (Å²) in [7, 11) is 0. The van der Waals surface area contributed by atoms with Gasteiger partial charge in [0.1, 0.15) is 11.8 Å². The van der Waals surface area contributed by atoms with E-state index in [1.165, 1.54) is 19.2 Å². The van der Waals surface area contributed by atoms with Crippen LogP contribution in [0, 0.1) is 5.92 Å². The van der Waals surface area contributed by atoms with Crippen LogP contribution in [0.25, 0.3) is 11.2 Å². The van der Waals surface area contributed by atoms with Crippen molar-refractivity contribution < 1.29 is 0 Å². The van der Waals surface area contributed by atoms with Crippen LogP contribution in [-0.2, 0) is 0 Å². The van der Waals surface area contributed by atoms with Gasteiger partial charge in [-0.05, 0) is 25.3 Å². The summed E-state index contributed by atoms with van der Waals surface area (Å²) in [4.78, 5) is 12.6. The van der Waals surface area contributed by atoms with E-state index in [0.717, 1.165) is 18.1 Å². The lowest BCUT2D eigenvalue weighted by Crippen LogP contribution is -2.34. The second-order valence-corrected chi connectivity index (χ2v) is 5.27. The van der Waals surface area contributed by atoms with Crippen molar-refractivity contribution in [2.24, 2.45) is 5.92 Å². The molecule has 1 N–H and O–H groups in total. The topological polar surface area (TPSA) is 55.6 Å². The average Bonchev–Trinajstić information content (AvgIpc) is 3.03. The Kier molecular flexibility index (Phi) is 1.96. The fourth-order valence-corrected chi connectivity index (χ4v) is 3.37. The highest BCUT2D eigenvalue weighted by atomic mass is 35.5. The number of halogens is 1. The Bertz CT molecular complexity index is 580. The second kappa shape index (κ2) is 3.40. The summed E-state index contributed by atoms with van der Waals surface area (Å²) >= 11 is 6.01. The van der Waals surface area contributed by atoms with Crippen molar-refractivity contribution in [3.8, 4) is 0 Å². The zero-order chi connectivity index (χ0) is 11.4. The Morgan fingerprint density at radius 1 is 1.29 bits per heavy atom. The molecule has 2 bridgehead atoms. The maximum absolute atomic E-state index is 6.01. The van der Waals surface area contributed by atoms with E-state index in [1.807, 2.05) is 6.33 Å². The largest absolute Gasteiger partial charge is 0.312 e. The maximum atomic E-state index is 6.01. The van der Waals surface area contributed by atoms with Gasteiger partial charge in [-0.25, -0.2) is 15.0 Å². The lowest BCUT2D eigenvalue weighted by molar-refractivity contribution is 0.365. The second-order valence-electron chi connectivity index (χ2n) is 4.91.